The lowest BCUT2D eigenvalue weighted by Crippen LogP contribution is -2.37. The molecule has 1 aromatic carbocycles. The van der Waals surface area contributed by atoms with Crippen molar-refractivity contribution < 1.29 is 4.79 Å². The van der Waals surface area contributed by atoms with Crippen LogP contribution in [0.1, 0.15) is 36.5 Å². The molecule has 0 unspecified atom stereocenters. The maximum Gasteiger partial charge on any atom is 0.253 e. The normalized spacial score (nSPS) is 15.2. The van der Waals surface area contributed by atoms with Gasteiger partial charge in [0, 0.05) is 28.8 Å². The SMILES string of the molecule is CCN(CC1CCC1)C(=O)c1cc(N)cc(Br)c1. The first kappa shape index (κ1) is 13.4. The van der Waals surface area contributed by atoms with Crippen LogP contribution in [0.3, 0.4) is 0 Å². The summed E-state index contributed by atoms with van der Waals surface area (Å²) in [5, 5.41) is 0. The zero-order valence-electron chi connectivity index (χ0n) is 10.7. The van der Waals surface area contributed by atoms with Crippen molar-refractivity contribution in [1.29, 1.82) is 0 Å². The van der Waals surface area contributed by atoms with Crippen LogP contribution in [0, 0.1) is 5.92 Å². The topological polar surface area (TPSA) is 46.3 Å². The molecule has 18 heavy (non-hydrogen) atoms. The monoisotopic (exact) mass is 310 g/mol. The van der Waals surface area contributed by atoms with Gasteiger partial charge in [0.05, 0.1) is 0 Å². The molecule has 0 saturated heterocycles. The van der Waals surface area contributed by atoms with Crippen LogP contribution < -0.4 is 5.73 Å². The number of carbonyl (C=O) groups excluding carboxylic acids is 1. The first-order valence-corrected chi connectivity index (χ1v) is 7.24. The van der Waals surface area contributed by atoms with E-state index in [2.05, 4.69) is 15.9 Å². The van der Waals surface area contributed by atoms with Gasteiger partial charge in [0.25, 0.3) is 5.91 Å². The third-order valence-corrected chi connectivity index (χ3v) is 4.00. The first-order valence-electron chi connectivity index (χ1n) is 6.45. The Labute approximate surface area is 116 Å². The zero-order valence-corrected chi connectivity index (χ0v) is 12.2. The van der Waals surface area contributed by atoms with Gasteiger partial charge < -0.3 is 10.6 Å². The van der Waals surface area contributed by atoms with Crippen LogP contribution in [0.2, 0.25) is 0 Å². The molecule has 1 aromatic rings. The second-order valence-corrected chi connectivity index (χ2v) is 5.83. The Balaban J connectivity index is 2.11. The van der Waals surface area contributed by atoms with E-state index in [0.29, 0.717) is 17.2 Å². The maximum absolute atomic E-state index is 12.4. The number of nitrogen functional groups attached to an aromatic ring is 1. The highest BCUT2D eigenvalue weighted by Gasteiger charge is 2.23. The van der Waals surface area contributed by atoms with Crippen LogP contribution >= 0.6 is 15.9 Å². The molecule has 1 aliphatic rings. The highest BCUT2D eigenvalue weighted by Crippen LogP contribution is 2.28. The number of carbonyl (C=O) groups is 1. The van der Waals surface area contributed by atoms with Crippen LogP contribution in [0.25, 0.3) is 0 Å². The fourth-order valence-electron chi connectivity index (χ4n) is 2.26. The van der Waals surface area contributed by atoms with Crippen molar-refractivity contribution in [2.24, 2.45) is 5.92 Å². The third-order valence-electron chi connectivity index (χ3n) is 3.54. The zero-order chi connectivity index (χ0) is 13.1. The maximum atomic E-state index is 12.4. The number of nitrogens with zero attached hydrogens (tertiary/aromatic N) is 1. The number of anilines is 1. The second kappa shape index (κ2) is 5.74. The predicted molar refractivity (Wildman–Crippen MR) is 77.5 cm³/mol. The van der Waals surface area contributed by atoms with E-state index in [4.69, 9.17) is 5.73 Å². The van der Waals surface area contributed by atoms with Gasteiger partial charge in [-0.3, -0.25) is 4.79 Å². The van der Waals surface area contributed by atoms with E-state index in [9.17, 15) is 4.79 Å². The molecule has 2 rings (SSSR count). The smallest absolute Gasteiger partial charge is 0.253 e. The highest BCUT2D eigenvalue weighted by molar-refractivity contribution is 9.10. The number of hydrogen-bond acceptors (Lipinski definition) is 2. The van der Waals surface area contributed by atoms with Gasteiger partial charge in [-0.1, -0.05) is 22.4 Å². The molecule has 98 valence electrons. The fraction of sp³-hybridized carbons (Fsp3) is 0.500. The Kier molecular flexibility index (Phi) is 4.27. The van der Waals surface area contributed by atoms with E-state index in [0.717, 1.165) is 17.6 Å². The molecule has 0 atom stereocenters. The van der Waals surface area contributed by atoms with Gasteiger partial charge in [-0.2, -0.15) is 0 Å². The molecule has 2 N–H and O–H groups in total. The standard InChI is InChI=1S/C14H19BrN2O/c1-2-17(9-10-4-3-5-10)14(18)11-6-12(15)8-13(16)7-11/h6-8,10H,2-5,9,16H2,1H3. The molecule has 0 heterocycles. The van der Waals surface area contributed by atoms with Crippen LogP contribution in [0.5, 0.6) is 0 Å². The molecule has 4 heteroatoms. The number of rotatable bonds is 4. The van der Waals surface area contributed by atoms with E-state index in [1.165, 1.54) is 19.3 Å². The van der Waals surface area contributed by atoms with Gasteiger partial charge in [0.2, 0.25) is 0 Å². The Morgan fingerprint density at radius 1 is 1.44 bits per heavy atom. The summed E-state index contributed by atoms with van der Waals surface area (Å²) >= 11 is 3.38. The van der Waals surface area contributed by atoms with Crippen molar-refractivity contribution in [2.75, 3.05) is 18.8 Å². The van der Waals surface area contributed by atoms with Crippen molar-refractivity contribution in [3.8, 4) is 0 Å². The number of nitrogens with two attached hydrogens (primary N) is 1. The summed E-state index contributed by atoms with van der Waals surface area (Å²) in [6, 6.07) is 5.39. The lowest BCUT2D eigenvalue weighted by molar-refractivity contribution is 0.0706. The van der Waals surface area contributed by atoms with Gasteiger partial charge in [-0.05, 0) is 43.9 Å². The number of amides is 1. The summed E-state index contributed by atoms with van der Waals surface area (Å²) in [5.41, 5.74) is 7.06. The summed E-state index contributed by atoms with van der Waals surface area (Å²) in [5.74, 6) is 0.774. The Bertz CT molecular complexity index is 423. The summed E-state index contributed by atoms with van der Waals surface area (Å²) in [4.78, 5) is 14.3. The minimum absolute atomic E-state index is 0.0809. The summed E-state index contributed by atoms with van der Waals surface area (Å²) in [6.45, 7) is 3.65. The summed E-state index contributed by atoms with van der Waals surface area (Å²) in [6.07, 6.45) is 3.81. The average molecular weight is 311 g/mol. The minimum Gasteiger partial charge on any atom is -0.399 e. The van der Waals surface area contributed by atoms with E-state index in [1.54, 1.807) is 12.1 Å². The molecule has 0 aliphatic heterocycles. The highest BCUT2D eigenvalue weighted by atomic mass is 79.9. The van der Waals surface area contributed by atoms with Crippen LogP contribution in [0.4, 0.5) is 5.69 Å². The molecular weight excluding hydrogens is 292 g/mol. The lowest BCUT2D eigenvalue weighted by atomic mass is 9.85. The third kappa shape index (κ3) is 3.05. The number of hydrogen-bond donors (Lipinski definition) is 1. The van der Waals surface area contributed by atoms with Crippen molar-refractivity contribution >= 4 is 27.5 Å². The summed E-state index contributed by atoms with van der Waals surface area (Å²) < 4.78 is 0.852. The van der Waals surface area contributed by atoms with Gasteiger partial charge >= 0.3 is 0 Å². The van der Waals surface area contributed by atoms with Crippen LogP contribution in [-0.4, -0.2) is 23.9 Å². The van der Waals surface area contributed by atoms with Gasteiger partial charge in [0.15, 0.2) is 0 Å². The largest absolute Gasteiger partial charge is 0.399 e. The molecule has 1 amide bonds. The Morgan fingerprint density at radius 2 is 2.17 bits per heavy atom. The van der Waals surface area contributed by atoms with E-state index in [-0.39, 0.29) is 5.91 Å². The lowest BCUT2D eigenvalue weighted by Gasteiger charge is -2.32. The van der Waals surface area contributed by atoms with Gasteiger partial charge in [0.1, 0.15) is 0 Å². The molecule has 0 bridgehead atoms. The molecule has 0 aromatic heterocycles. The molecule has 0 radical (unpaired) electrons. The first-order chi connectivity index (χ1) is 8.60. The Hall–Kier alpha value is -1.03. The van der Waals surface area contributed by atoms with E-state index < -0.39 is 0 Å². The van der Waals surface area contributed by atoms with Gasteiger partial charge in [-0.15, -0.1) is 0 Å². The summed E-state index contributed by atoms with van der Waals surface area (Å²) in [7, 11) is 0. The number of halogens is 1. The van der Waals surface area contributed by atoms with Crippen molar-refractivity contribution in [3.05, 3.63) is 28.2 Å². The van der Waals surface area contributed by atoms with Crippen molar-refractivity contribution in [3.63, 3.8) is 0 Å². The molecule has 0 spiro atoms. The molecule has 3 nitrogen and oxygen atoms in total. The second-order valence-electron chi connectivity index (χ2n) is 4.91. The van der Waals surface area contributed by atoms with Crippen LogP contribution in [0.15, 0.2) is 22.7 Å². The Morgan fingerprint density at radius 3 is 2.67 bits per heavy atom. The molecular formula is C14H19BrN2O. The van der Waals surface area contributed by atoms with E-state index >= 15 is 0 Å². The predicted octanol–water partition coefficient (Wildman–Crippen LogP) is 3.29. The molecule has 1 aliphatic carbocycles. The average Bonchev–Trinajstić information content (AvgIpc) is 2.26. The minimum atomic E-state index is 0.0809. The van der Waals surface area contributed by atoms with Crippen molar-refractivity contribution in [2.45, 2.75) is 26.2 Å². The number of benzene rings is 1. The van der Waals surface area contributed by atoms with Crippen molar-refractivity contribution in [1.82, 2.24) is 4.90 Å². The van der Waals surface area contributed by atoms with Crippen LogP contribution in [-0.2, 0) is 0 Å². The van der Waals surface area contributed by atoms with Gasteiger partial charge in [-0.25, -0.2) is 0 Å². The fourth-order valence-corrected chi connectivity index (χ4v) is 2.77. The molecule has 1 fully saturated rings. The quantitative estimate of drug-likeness (QED) is 0.867. The van der Waals surface area contributed by atoms with E-state index in [1.807, 2.05) is 17.9 Å². The molecule has 1 saturated carbocycles.